The van der Waals surface area contributed by atoms with Gasteiger partial charge < -0.3 is 5.32 Å². The zero-order valence-corrected chi connectivity index (χ0v) is 13.2. The van der Waals surface area contributed by atoms with Crippen molar-refractivity contribution in [1.82, 2.24) is 0 Å². The lowest BCUT2D eigenvalue weighted by molar-refractivity contribution is 0.167. The Morgan fingerprint density at radius 3 is 2.65 bits per heavy atom. The van der Waals surface area contributed by atoms with Gasteiger partial charge in [-0.25, -0.2) is 0 Å². The summed E-state index contributed by atoms with van der Waals surface area (Å²) in [5.74, 6) is 1.41. The highest BCUT2D eigenvalue weighted by Crippen LogP contribution is 2.43. The number of para-hydroxylation sites is 1. The summed E-state index contributed by atoms with van der Waals surface area (Å²) in [5, 5.41) is 14.0. The van der Waals surface area contributed by atoms with Gasteiger partial charge in [-0.05, 0) is 42.7 Å². The van der Waals surface area contributed by atoms with E-state index in [-0.39, 0.29) is 0 Å². The fourth-order valence-electron chi connectivity index (χ4n) is 3.52. The van der Waals surface area contributed by atoms with E-state index in [0.717, 1.165) is 18.5 Å². The Balaban J connectivity index is 2.35. The number of nitriles is 1. The van der Waals surface area contributed by atoms with Crippen LogP contribution in [0, 0.1) is 29.1 Å². The van der Waals surface area contributed by atoms with Crippen LogP contribution in [0.15, 0.2) is 24.3 Å². The molecule has 0 radical (unpaired) electrons. The van der Waals surface area contributed by atoms with Crippen molar-refractivity contribution in [3.8, 4) is 6.07 Å². The predicted molar refractivity (Wildman–Crippen MR) is 84.8 cm³/mol. The largest absolute Gasteiger partial charge is 0.366 e. The molecule has 108 valence electrons. The average molecular weight is 291 g/mol. The third kappa shape index (κ3) is 2.94. The highest BCUT2D eigenvalue weighted by atomic mass is 35.5. The maximum atomic E-state index is 9.88. The zero-order chi connectivity index (χ0) is 14.8. The number of nitrogens with one attached hydrogen (secondary N) is 1. The van der Waals surface area contributed by atoms with Crippen LogP contribution in [0.3, 0.4) is 0 Å². The van der Waals surface area contributed by atoms with Gasteiger partial charge >= 0.3 is 0 Å². The maximum Gasteiger partial charge on any atom is 0.128 e. The van der Waals surface area contributed by atoms with Crippen molar-refractivity contribution >= 4 is 17.3 Å². The number of nitrogens with zero attached hydrogens (tertiary/aromatic N) is 1. The first-order chi connectivity index (χ1) is 9.48. The second-order valence-corrected chi connectivity index (χ2v) is 6.83. The van der Waals surface area contributed by atoms with Crippen LogP contribution < -0.4 is 5.32 Å². The van der Waals surface area contributed by atoms with Crippen molar-refractivity contribution in [2.75, 3.05) is 5.32 Å². The molecule has 1 fully saturated rings. The molecular weight excluding hydrogens is 268 g/mol. The lowest BCUT2D eigenvalue weighted by atomic mass is 9.65. The Labute approximate surface area is 127 Å². The van der Waals surface area contributed by atoms with Gasteiger partial charge in [-0.1, -0.05) is 50.9 Å². The quantitative estimate of drug-likeness (QED) is 0.840. The molecule has 0 heterocycles. The second-order valence-electron chi connectivity index (χ2n) is 6.43. The van der Waals surface area contributed by atoms with Gasteiger partial charge in [0.15, 0.2) is 0 Å². The molecule has 1 aliphatic carbocycles. The van der Waals surface area contributed by atoms with E-state index in [9.17, 15) is 5.26 Å². The molecule has 0 aliphatic heterocycles. The van der Waals surface area contributed by atoms with E-state index in [0.29, 0.717) is 22.8 Å². The predicted octanol–water partition coefficient (Wildman–Crippen LogP) is 5.11. The fourth-order valence-corrected chi connectivity index (χ4v) is 3.70. The molecule has 1 aromatic rings. The Kier molecular flexibility index (Phi) is 4.60. The van der Waals surface area contributed by atoms with Crippen LogP contribution in [0.25, 0.3) is 0 Å². The molecule has 3 unspecified atom stereocenters. The SMILES string of the molecule is CC1CCC(C(C)C)C(C#N)(Nc2ccccc2Cl)C1. The van der Waals surface area contributed by atoms with Crippen molar-refractivity contribution in [3.63, 3.8) is 0 Å². The number of benzene rings is 1. The van der Waals surface area contributed by atoms with E-state index in [1.807, 2.05) is 24.3 Å². The molecule has 0 amide bonds. The molecule has 0 bridgehead atoms. The number of hydrogen-bond acceptors (Lipinski definition) is 2. The number of halogens is 1. The lowest BCUT2D eigenvalue weighted by Crippen LogP contribution is -2.50. The monoisotopic (exact) mass is 290 g/mol. The highest BCUT2D eigenvalue weighted by Gasteiger charge is 2.45. The second kappa shape index (κ2) is 6.06. The first-order valence-electron chi connectivity index (χ1n) is 7.42. The van der Waals surface area contributed by atoms with Crippen LogP contribution in [0.5, 0.6) is 0 Å². The van der Waals surface area contributed by atoms with E-state index in [1.165, 1.54) is 6.42 Å². The molecule has 20 heavy (non-hydrogen) atoms. The number of anilines is 1. The Morgan fingerprint density at radius 2 is 2.05 bits per heavy atom. The molecule has 3 heteroatoms. The van der Waals surface area contributed by atoms with Gasteiger partial charge in [-0.15, -0.1) is 0 Å². The van der Waals surface area contributed by atoms with Gasteiger partial charge in [0.1, 0.15) is 5.54 Å². The molecule has 2 rings (SSSR count). The van der Waals surface area contributed by atoms with Gasteiger partial charge in [0.2, 0.25) is 0 Å². The topological polar surface area (TPSA) is 35.8 Å². The fraction of sp³-hybridized carbons (Fsp3) is 0.588. The van der Waals surface area contributed by atoms with Crippen LogP contribution in [-0.4, -0.2) is 5.54 Å². The third-order valence-corrected chi connectivity index (χ3v) is 4.84. The van der Waals surface area contributed by atoms with Crippen LogP contribution >= 0.6 is 11.6 Å². The Morgan fingerprint density at radius 1 is 1.35 bits per heavy atom. The summed E-state index contributed by atoms with van der Waals surface area (Å²) in [6.07, 6.45) is 3.19. The maximum absolute atomic E-state index is 9.88. The van der Waals surface area contributed by atoms with E-state index in [2.05, 4.69) is 32.2 Å². The third-order valence-electron chi connectivity index (χ3n) is 4.51. The molecule has 1 saturated carbocycles. The molecule has 1 aliphatic rings. The van der Waals surface area contributed by atoms with Gasteiger partial charge in [0.25, 0.3) is 0 Å². The van der Waals surface area contributed by atoms with E-state index < -0.39 is 5.54 Å². The van der Waals surface area contributed by atoms with Gasteiger partial charge in [-0.2, -0.15) is 5.26 Å². The van der Waals surface area contributed by atoms with Crippen LogP contribution in [0.1, 0.15) is 40.0 Å². The average Bonchev–Trinajstić information content (AvgIpc) is 2.41. The van der Waals surface area contributed by atoms with Crippen molar-refractivity contribution in [1.29, 1.82) is 5.26 Å². The summed E-state index contributed by atoms with van der Waals surface area (Å²) in [6.45, 7) is 6.65. The summed E-state index contributed by atoms with van der Waals surface area (Å²) in [4.78, 5) is 0. The molecular formula is C17H23ClN2. The van der Waals surface area contributed by atoms with Gasteiger partial charge in [-0.3, -0.25) is 0 Å². The Bertz CT molecular complexity index is 506. The van der Waals surface area contributed by atoms with Gasteiger partial charge in [0, 0.05) is 0 Å². The zero-order valence-electron chi connectivity index (χ0n) is 12.5. The van der Waals surface area contributed by atoms with Crippen LogP contribution in [0.4, 0.5) is 5.69 Å². The molecule has 3 atom stereocenters. The molecule has 2 nitrogen and oxygen atoms in total. The summed E-state index contributed by atoms with van der Waals surface area (Å²) < 4.78 is 0. The Hall–Kier alpha value is -1.20. The number of hydrogen-bond donors (Lipinski definition) is 1. The van der Waals surface area contributed by atoms with Crippen molar-refractivity contribution in [2.45, 2.75) is 45.6 Å². The normalized spacial score (nSPS) is 30.0. The van der Waals surface area contributed by atoms with Crippen molar-refractivity contribution in [3.05, 3.63) is 29.3 Å². The molecule has 0 aromatic heterocycles. The standard InChI is InChI=1S/C17H23ClN2/c1-12(2)14-9-8-13(3)10-17(14,11-19)20-16-7-5-4-6-15(16)18/h4-7,12-14,20H,8-10H2,1-3H3. The lowest BCUT2D eigenvalue weighted by Gasteiger charge is -2.44. The minimum absolute atomic E-state index is 0.361. The summed E-state index contributed by atoms with van der Waals surface area (Å²) in [5.41, 5.74) is 0.368. The first-order valence-corrected chi connectivity index (χ1v) is 7.80. The molecule has 0 spiro atoms. The van der Waals surface area contributed by atoms with Crippen molar-refractivity contribution < 1.29 is 0 Å². The summed E-state index contributed by atoms with van der Waals surface area (Å²) in [6, 6.07) is 10.3. The van der Waals surface area contributed by atoms with Crippen LogP contribution in [-0.2, 0) is 0 Å². The highest BCUT2D eigenvalue weighted by molar-refractivity contribution is 6.33. The van der Waals surface area contributed by atoms with Crippen molar-refractivity contribution in [2.24, 2.45) is 17.8 Å². The summed E-state index contributed by atoms with van der Waals surface area (Å²) in [7, 11) is 0. The smallest absolute Gasteiger partial charge is 0.128 e. The van der Waals surface area contributed by atoms with E-state index in [1.54, 1.807) is 0 Å². The molecule has 0 saturated heterocycles. The van der Waals surface area contributed by atoms with E-state index >= 15 is 0 Å². The molecule has 1 N–H and O–H groups in total. The summed E-state index contributed by atoms with van der Waals surface area (Å²) >= 11 is 6.25. The minimum Gasteiger partial charge on any atom is -0.366 e. The van der Waals surface area contributed by atoms with Gasteiger partial charge in [0.05, 0.1) is 16.8 Å². The molecule has 1 aromatic carbocycles. The minimum atomic E-state index is -0.503. The number of rotatable bonds is 3. The first kappa shape index (κ1) is 15.2. The van der Waals surface area contributed by atoms with E-state index in [4.69, 9.17) is 11.6 Å². The van der Waals surface area contributed by atoms with Crippen LogP contribution in [0.2, 0.25) is 5.02 Å².